The minimum absolute atomic E-state index is 0.0406. The molecular formula is C27H27Cl2N5. The number of anilines is 1. The molecule has 0 spiro atoms. The third-order valence-corrected chi connectivity index (χ3v) is 5.62. The molecule has 0 unspecified atom stereocenters. The van der Waals surface area contributed by atoms with Gasteiger partial charge in [0.15, 0.2) is 11.7 Å². The van der Waals surface area contributed by atoms with Gasteiger partial charge in [0.1, 0.15) is 0 Å². The summed E-state index contributed by atoms with van der Waals surface area (Å²) in [6.45, 7) is 8.33. The van der Waals surface area contributed by atoms with Crippen LogP contribution in [0.25, 0.3) is 0 Å². The number of nitrogens with zero attached hydrogens (tertiary/aromatic N) is 5. The van der Waals surface area contributed by atoms with Crippen molar-refractivity contribution in [3.63, 3.8) is 0 Å². The summed E-state index contributed by atoms with van der Waals surface area (Å²) in [6, 6.07) is 25.2. The normalized spacial score (nSPS) is 17.7. The fourth-order valence-electron chi connectivity index (χ4n) is 3.67. The number of hydrogen-bond donors (Lipinski definition) is 0. The Bertz CT molecular complexity index is 1230. The first-order valence-electron chi connectivity index (χ1n) is 11.2. The van der Waals surface area contributed by atoms with Crippen LogP contribution in [-0.4, -0.2) is 34.6 Å². The zero-order valence-corrected chi connectivity index (χ0v) is 21.2. The second-order valence-corrected chi connectivity index (χ2v) is 9.30. The van der Waals surface area contributed by atoms with Crippen LogP contribution >= 0.6 is 23.2 Å². The highest BCUT2D eigenvalue weighted by atomic mass is 35.5. The van der Waals surface area contributed by atoms with Crippen LogP contribution in [0.5, 0.6) is 0 Å². The highest BCUT2D eigenvalue weighted by Gasteiger charge is 2.42. The van der Waals surface area contributed by atoms with E-state index >= 15 is 0 Å². The zero-order chi connectivity index (χ0) is 24.2. The summed E-state index contributed by atoms with van der Waals surface area (Å²) in [5.74, 6) is 2.07. The van der Waals surface area contributed by atoms with Crippen molar-refractivity contribution in [2.45, 2.75) is 39.8 Å². The summed E-state index contributed by atoms with van der Waals surface area (Å²) in [6.07, 6.45) is 0. The first-order valence-corrected chi connectivity index (χ1v) is 12.0. The second kappa shape index (κ2) is 10.4. The van der Waals surface area contributed by atoms with Crippen molar-refractivity contribution in [3.8, 4) is 0 Å². The molecule has 1 fully saturated rings. The van der Waals surface area contributed by atoms with Gasteiger partial charge in [-0.1, -0.05) is 59.6 Å². The Kier molecular flexibility index (Phi) is 7.35. The van der Waals surface area contributed by atoms with Crippen molar-refractivity contribution in [2.75, 3.05) is 4.90 Å². The number of guanidine groups is 1. The van der Waals surface area contributed by atoms with Crippen LogP contribution in [-0.2, 0) is 0 Å². The van der Waals surface area contributed by atoms with Crippen LogP contribution in [0.15, 0.2) is 93.8 Å². The maximum atomic E-state index is 6.72. The zero-order valence-electron chi connectivity index (χ0n) is 19.7. The lowest BCUT2D eigenvalue weighted by atomic mass is 10.2. The van der Waals surface area contributed by atoms with Gasteiger partial charge in [-0.15, -0.1) is 0 Å². The van der Waals surface area contributed by atoms with Gasteiger partial charge in [0, 0.05) is 17.1 Å². The standard InChI is InChI=1S/C27H27Cl2N5/c1-18(2)30-27-33(19(3)4)25(31-21-11-7-5-8-12-21)26(32-22-13-9-6-10-14-22)34(27)24-16-15-20(28)17-23(24)29/h5-19H,1-4H3. The van der Waals surface area contributed by atoms with Gasteiger partial charge in [0.2, 0.25) is 5.96 Å². The van der Waals surface area contributed by atoms with E-state index in [4.69, 9.17) is 38.2 Å². The molecule has 0 amide bonds. The van der Waals surface area contributed by atoms with Crippen LogP contribution < -0.4 is 4.90 Å². The molecule has 0 saturated carbocycles. The van der Waals surface area contributed by atoms with Crippen molar-refractivity contribution >= 4 is 57.9 Å². The van der Waals surface area contributed by atoms with E-state index in [1.807, 2.05) is 91.5 Å². The largest absolute Gasteiger partial charge is 0.291 e. The molecule has 4 rings (SSSR count). The molecule has 1 aliphatic rings. The maximum Gasteiger partial charge on any atom is 0.213 e. The van der Waals surface area contributed by atoms with Gasteiger partial charge < -0.3 is 0 Å². The van der Waals surface area contributed by atoms with Crippen LogP contribution in [0.2, 0.25) is 10.0 Å². The molecule has 1 heterocycles. The molecule has 0 bridgehead atoms. The molecular weight excluding hydrogens is 465 g/mol. The fourth-order valence-corrected chi connectivity index (χ4v) is 4.16. The van der Waals surface area contributed by atoms with E-state index in [1.54, 1.807) is 6.07 Å². The predicted octanol–water partition coefficient (Wildman–Crippen LogP) is 7.75. The molecule has 3 aromatic rings. The second-order valence-electron chi connectivity index (χ2n) is 8.46. The number of aliphatic imine (C=N–C) groups is 3. The maximum absolute atomic E-state index is 6.72. The molecule has 0 atom stereocenters. The summed E-state index contributed by atoms with van der Waals surface area (Å²) in [5.41, 5.74) is 2.38. The summed E-state index contributed by atoms with van der Waals surface area (Å²) < 4.78 is 0. The van der Waals surface area contributed by atoms with E-state index in [1.165, 1.54) is 0 Å². The number of hydrogen-bond acceptors (Lipinski definition) is 3. The molecule has 0 aromatic heterocycles. The van der Waals surface area contributed by atoms with Crippen molar-refractivity contribution in [3.05, 3.63) is 88.9 Å². The first-order chi connectivity index (χ1) is 16.3. The number of para-hydroxylation sites is 2. The Morgan fingerprint density at radius 2 is 1.26 bits per heavy atom. The SMILES string of the molecule is CC(C)N=C1N(c2ccc(Cl)cc2Cl)C(=Nc2ccccc2)C(=Nc2ccccc2)N1C(C)C. The fraction of sp³-hybridized carbons (Fsp3) is 0.222. The lowest BCUT2D eigenvalue weighted by molar-refractivity contribution is 0.504. The smallest absolute Gasteiger partial charge is 0.213 e. The molecule has 5 nitrogen and oxygen atoms in total. The molecule has 7 heteroatoms. The van der Waals surface area contributed by atoms with E-state index in [9.17, 15) is 0 Å². The Labute approximate surface area is 211 Å². The molecule has 0 N–H and O–H groups in total. The van der Waals surface area contributed by atoms with E-state index in [0.29, 0.717) is 21.7 Å². The highest BCUT2D eigenvalue weighted by molar-refractivity contribution is 6.58. The van der Waals surface area contributed by atoms with E-state index < -0.39 is 0 Å². The molecule has 34 heavy (non-hydrogen) atoms. The van der Waals surface area contributed by atoms with Crippen molar-refractivity contribution in [1.29, 1.82) is 0 Å². The number of rotatable bonds is 5. The average molecular weight is 492 g/mol. The van der Waals surface area contributed by atoms with E-state index in [-0.39, 0.29) is 12.1 Å². The van der Waals surface area contributed by atoms with Gasteiger partial charge in [0.05, 0.1) is 22.1 Å². The van der Waals surface area contributed by atoms with Crippen molar-refractivity contribution < 1.29 is 0 Å². The quantitative estimate of drug-likeness (QED) is 0.366. The van der Waals surface area contributed by atoms with Crippen molar-refractivity contribution in [1.82, 2.24) is 4.90 Å². The number of amidine groups is 2. The lowest BCUT2D eigenvalue weighted by Gasteiger charge is -2.26. The van der Waals surface area contributed by atoms with Crippen LogP contribution in [0, 0.1) is 0 Å². The summed E-state index contributed by atoms with van der Waals surface area (Å²) in [4.78, 5) is 19.2. The Morgan fingerprint density at radius 1 is 0.706 bits per heavy atom. The molecule has 1 saturated heterocycles. The molecule has 3 aromatic carbocycles. The summed E-state index contributed by atoms with van der Waals surface area (Å²) in [5, 5.41) is 1.07. The van der Waals surface area contributed by atoms with Gasteiger partial charge in [-0.25, -0.2) is 15.0 Å². The predicted molar refractivity (Wildman–Crippen MR) is 146 cm³/mol. The minimum Gasteiger partial charge on any atom is -0.291 e. The third kappa shape index (κ3) is 5.16. The Hall–Kier alpha value is -3.15. The van der Waals surface area contributed by atoms with Crippen LogP contribution in [0.4, 0.5) is 17.1 Å². The molecule has 0 aliphatic carbocycles. The summed E-state index contributed by atoms with van der Waals surface area (Å²) in [7, 11) is 0. The molecule has 0 radical (unpaired) electrons. The van der Waals surface area contributed by atoms with Crippen LogP contribution in [0.1, 0.15) is 27.7 Å². The minimum atomic E-state index is 0.0406. The summed E-state index contributed by atoms with van der Waals surface area (Å²) >= 11 is 12.9. The highest BCUT2D eigenvalue weighted by Crippen LogP contribution is 2.35. The number of halogens is 2. The Balaban J connectivity index is 2.04. The monoisotopic (exact) mass is 491 g/mol. The van der Waals surface area contributed by atoms with Gasteiger partial charge in [-0.05, 0) is 70.2 Å². The third-order valence-electron chi connectivity index (χ3n) is 5.08. The first kappa shape index (κ1) is 24.0. The van der Waals surface area contributed by atoms with Gasteiger partial charge >= 0.3 is 0 Å². The Morgan fingerprint density at radius 3 is 1.76 bits per heavy atom. The van der Waals surface area contributed by atoms with Gasteiger partial charge in [-0.3, -0.25) is 9.80 Å². The van der Waals surface area contributed by atoms with E-state index in [2.05, 4.69) is 18.7 Å². The van der Waals surface area contributed by atoms with Crippen LogP contribution in [0.3, 0.4) is 0 Å². The molecule has 174 valence electrons. The van der Waals surface area contributed by atoms with Gasteiger partial charge in [-0.2, -0.15) is 0 Å². The lowest BCUT2D eigenvalue weighted by Crippen LogP contribution is -2.40. The van der Waals surface area contributed by atoms with Crippen molar-refractivity contribution in [2.24, 2.45) is 15.0 Å². The average Bonchev–Trinajstić information content (AvgIpc) is 3.07. The molecule has 1 aliphatic heterocycles. The van der Waals surface area contributed by atoms with E-state index in [0.717, 1.165) is 23.0 Å². The number of benzene rings is 3. The topological polar surface area (TPSA) is 43.6 Å². The van der Waals surface area contributed by atoms with Gasteiger partial charge in [0.25, 0.3) is 0 Å².